The van der Waals surface area contributed by atoms with Crippen molar-refractivity contribution >= 4 is 28.6 Å². The summed E-state index contributed by atoms with van der Waals surface area (Å²) in [4.78, 5) is 24.1. The third-order valence-corrected chi connectivity index (χ3v) is 6.37. The van der Waals surface area contributed by atoms with Crippen LogP contribution < -0.4 is 10.9 Å². The van der Waals surface area contributed by atoms with Crippen LogP contribution in [-0.2, 0) is 10.5 Å². The standard InChI is InChI=1S/C21H27NO3S/c1-13-6-4-5-7-18(13)22-20(23)12-26-11-16-10-21(24)25-19-9-15(3)14(2)8-17(16)19/h8-10,13,18H,4-7,11-12H2,1-3H3,(H,22,23)/t13-,18+/m0/s1. The lowest BCUT2D eigenvalue weighted by atomic mass is 9.86. The van der Waals surface area contributed by atoms with Gasteiger partial charge in [-0.1, -0.05) is 19.8 Å². The molecule has 0 radical (unpaired) electrons. The molecule has 2 atom stereocenters. The minimum atomic E-state index is -0.336. The molecule has 1 aliphatic carbocycles. The predicted molar refractivity (Wildman–Crippen MR) is 108 cm³/mol. The Morgan fingerprint density at radius 2 is 1.92 bits per heavy atom. The smallest absolute Gasteiger partial charge is 0.336 e. The van der Waals surface area contributed by atoms with Gasteiger partial charge in [-0.05, 0) is 61.4 Å². The zero-order valence-electron chi connectivity index (χ0n) is 15.8. The van der Waals surface area contributed by atoms with Gasteiger partial charge in [-0.25, -0.2) is 4.79 Å². The molecule has 1 aromatic carbocycles. The first kappa shape index (κ1) is 19.0. The van der Waals surface area contributed by atoms with Crippen molar-refractivity contribution in [3.63, 3.8) is 0 Å². The van der Waals surface area contributed by atoms with Gasteiger partial charge in [0.2, 0.25) is 5.91 Å². The van der Waals surface area contributed by atoms with E-state index in [4.69, 9.17) is 4.42 Å². The summed E-state index contributed by atoms with van der Waals surface area (Å²) >= 11 is 1.55. The van der Waals surface area contributed by atoms with Crippen molar-refractivity contribution in [1.82, 2.24) is 5.32 Å². The Morgan fingerprint density at radius 3 is 2.69 bits per heavy atom. The van der Waals surface area contributed by atoms with Gasteiger partial charge in [0.05, 0.1) is 5.75 Å². The number of rotatable bonds is 5. The lowest BCUT2D eigenvalue weighted by molar-refractivity contribution is -0.119. The van der Waals surface area contributed by atoms with Gasteiger partial charge in [0.25, 0.3) is 0 Å². The summed E-state index contributed by atoms with van der Waals surface area (Å²) in [5.41, 5.74) is 3.49. The Kier molecular flexibility index (Phi) is 6.07. The van der Waals surface area contributed by atoms with E-state index in [1.807, 2.05) is 13.0 Å². The van der Waals surface area contributed by atoms with Crippen LogP contribution in [0.15, 0.2) is 27.4 Å². The normalized spacial score (nSPS) is 20.3. The van der Waals surface area contributed by atoms with Crippen LogP contribution in [0.4, 0.5) is 0 Å². The topological polar surface area (TPSA) is 59.3 Å². The van der Waals surface area contributed by atoms with E-state index in [2.05, 4.69) is 25.2 Å². The van der Waals surface area contributed by atoms with E-state index in [1.165, 1.54) is 24.8 Å². The van der Waals surface area contributed by atoms with Crippen molar-refractivity contribution < 1.29 is 9.21 Å². The van der Waals surface area contributed by atoms with Crippen molar-refractivity contribution in [2.24, 2.45) is 5.92 Å². The highest BCUT2D eigenvalue weighted by molar-refractivity contribution is 7.99. The first-order valence-electron chi connectivity index (χ1n) is 9.35. The Labute approximate surface area is 158 Å². The van der Waals surface area contributed by atoms with Crippen LogP contribution in [-0.4, -0.2) is 17.7 Å². The van der Waals surface area contributed by atoms with Gasteiger partial charge in [0.15, 0.2) is 0 Å². The number of nitrogens with one attached hydrogen (secondary N) is 1. The van der Waals surface area contributed by atoms with E-state index in [1.54, 1.807) is 17.8 Å². The molecule has 4 nitrogen and oxygen atoms in total. The van der Waals surface area contributed by atoms with Gasteiger partial charge in [-0.15, -0.1) is 11.8 Å². The number of fused-ring (bicyclic) bond motifs is 1. The van der Waals surface area contributed by atoms with E-state index in [0.29, 0.717) is 29.0 Å². The average Bonchev–Trinajstić information content (AvgIpc) is 2.58. The first-order valence-corrected chi connectivity index (χ1v) is 10.5. The number of hydrogen-bond donors (Lipinski definition) is 1. The van der Waals surface area contributed by atoms with Gasteiger partial charge in [-0.2, -0.15) is 0 Å². The molecule has 0 unspecified atom stereocenters. The van der Waals surface area contributed by atoms with Crippen molar-refractivity contribution in [2.75, 3.05) is 5.75 Å². The second-order valence-electron chi connectivity index (χ2n) is 7.45. The lowest BCUT2D eigenvalue weighted by Gasteiger charge is -2.29. The van der Waals surface area contributed by atoms with Crippen molar-refractivity contribution in [2.45, 2.75) is 58.2 Å². The van der Waals surface area contributed by atoms with Crippen LogP contribution in [0.1, 0.15) is 49.3 Å². The molecule has 1 aliphatic rings. The second kappa shape index (κ2) is 8.30. The minimum absolute atomic E-state index is 0.0908. The number of thioether (sulfide) groups is 1. The average molecular weight is 374 g/mol. The molecule has 0 spiro atoms. The summed E-state index contributed by atoms with van der Waals surface area (Å²) in [5, 5.41) is 4.14. The second-order valence-corrected chi connectivity index (χ2v) is 8.44. The summed E-state index contributed by atoms with van der Waals surface area (Å²) in [7, 11) is 0. The molecule has 26 heavy (non-hydrogen) atoms. The maximum Gasteiger partial charge on any atom is 0.336 e. The zero-order valence-corrected chi connectivity index (χ0v) is 16.6. The summed E-state index contributed by atoms with van der Waals surface area (Å²) < 4.78 is 5.33. The molecule has 3 rings (SSSR count). The Balaban J connectivity index is 1.63. The molecule has 5 heteroatoms. The number of carbonyl (C=O) groups is 1. The van der Waals surface area contributed by atoms with Crippen molar-refractivity contribution in [1.29, 1.82) is 0 Å². The van der Waals surface area contributed by atoms with E-state index in [-0.39, 0.29) is 11.5 Å². The van der Waals surface area contributed by atoms with Gasteiger partial charge < -0.3 is 9.73 Å². The molecular weight excluding hydrogens is 346 g/mol. The number of hydrogen-bond acceptors (Lipinski definition) is 4. The van der Waals surface area contributed by atoms with Crippen LogP contribution in [0.25, 0.3) is 11.0 Å². The molecule has 1 fully saturated rings. The summed E-state index contributed by atoms with van der Waals surface area (Å²) in [5.74, 6) is 1.69. The maximum atomic E-state index is 12.3. The predicted octanol–water partition coefficient (Wildman–Crippen LogP) is 4.34. The van der Waals surface area contributed by atoms with E-state index in [0.717, 1.165) is 22.9 Å². The number of carbonyl (C=O) groups excluding carboxylic acids is 1. The van der Waals surface area contributed by atoms with E-state index < -0.39 is 0 Å². The van der Waals surface area contributed by atoms with Crippen LogP contribution in [0.5, 0.6) is 0 Å². The molecule has 1 saturated carbocycles. The fraction of sp³-hybridized carbons (Fsp3) is 0.524. The quantitative estimate of drug-likeness (QED) is 0.792. The van der Waals surface area contributed by atoms with Gasteiger partial charge in [-0.3, -0.25) is 4.79 Å². The molecule has 1 heterocycles. The minimum Gasteiger partial charge on any atom is -0.423 e. The largest absolute Gasteiger partial charge is 0.423 e. The SMILES string of the molecule is Cc1cc2oc(=O)cc(CSCC(=O)N[C@@H]3CCCC[C@@H]3C)c2cc1C. The van der Waals surface area contributed by atoms with Crippen LogP contribution in [0, 0.1) is 19.8 Å². The summed E-state index contributed by atoms with van der Waals surface area (Å²) in [6.07, 6.45) is 4.75. The highest BCUT2D eigenvalue weighted by atomic mass is 32.2. The fourth-order valence-corrected chi connectivity index (χ4v) is 4.46. The Morgan fingerprint density at radius 1 is 1.19 bits per heavy atom. The molecule has 0 bridgehead atoms. The summed E-state index contributed by atoms with van der Waals surface area (Å²) in [6.45, 7) is 6.28. The highest BCUT2D eigenvalue weighted by Crippen LogP contribution is 2.26. The molecule has 2 aromatic rings. The monoisotopic (exact) mass is 373 g/mol. The highest BCUT2D eigenvalue weighted by Gasteiger charge is 2.22. The van der Waals surface area contributed by atoms with Crippen molar-refractivity contribution in [3.05, 3.63) is 45.3 Å². The lowest BCUT2D eigenvalue weighted by Crippen LogP contribution is -2.41. The number of aryl methyl sites for hydroxylation is 2. The number of benzene rings is 1. The zero-order chi connectivity index (χ0) is 18.7. The first-order chi connectivity index (χ1) is 12.4. The maximum absolute atomic E-state index is 12.3. The molecule has 0 saturated heterocycles. The van der Waals surface area contributed by atoms with Crippen LogP contribution in [0.2, 0.25) is 0 Å². The van der Waals surface area contributed by atoms with E-state index in [9.17, 15) is 9.59 Å². The van der Waals surface area contributed by atoms with Gasteiger partial charge in [0.1, 0.15) is 5.58 Å². The van der Waals surface area contributed by atoms with E-state index >= 15 is 0 Å². The third kappa shape index (κ3) is 4.50. The molecular formula is C21H27NO3S. The molecule has 1 N–H and O–H groups in total. The fourth-order valence-electron chi connectivity index (χ4n) is 3.64. The molecule has 1 aromatic heterocycles. The van der Waals surface area contributed by atoms with Crippen LogP contribution >= 0.6 is 11.8 Å². The van der Waals surface area contributed by atoms with Gasteiger partial charge in [0, 0.05) is 23.2 Å². The summed E-state index contributed by atoms with van der Waals surface area (Å²) in [6, 6.07) is 5.84. The Bertz CT molecular complexity index is 858. The number of amides is 1. The molecule has 0 aliphatic heterocycles. The van der Waals surface area contributed by atoms with Crippen LogP contribution in [0.3, 0.4) is 0 Å². The van der Waals surface area contributed by atoms with Crippen molar-refractivity contribution in [3.8, 4) is 0 Å². The molecule has 1 amide bonds. The van der Waals surface area contributed by atoms with Gasteiger partial charge >= 0.3 is 5.63 Å². The molecule has 140 valence electrons. The Hall–Kier alpha value is -1.75. The third-order valence-electron chi connectivity index (χ3n) is 5.39.